The summed E-state index contributed by atoms with van der Waals surface area (Å²) in [5, 5.41) is 9.74. The first kappa shape index (κ1) is 16.4. The van der Waals surface area contributed by atoms with Crippen LogP contribution in [0.25, 0.3) is 6.08 Å². The first-order valence-electron chi connectivity index (χ1n) is 6.74. The summed E-state index contributed by atoms with van der Waals surface area (Å²) < 4.78 is 15.1. The molecule has 0 saturated carbocycles. The molecule has 2 rings (SSSR count). The third-order valence-electron chi connectivity index (χ3n) is 3.14. The highest BCUT2D eigenvalue weighted by Crippen LogP contribution is 2.28. The molecule has 0 spiro atoms. The van der Waals surface area contributed by atoms with Crippen LogP contribution in [0.15, 0.2) is 39.6 Å². The van der Waals surface area contributed by atoms with Gasteiger partial charge in [-0.1, -0.05) is 12.1 Å². The third kappa shape index (κ3) is 3.60. The Labute approximate surface area is 132 Å². The van der Waals surface area contributed by atoms with Crippen molar-refractivity contribution in [3.8, 4) is 17.2 Å². The number of methoxy groups -OCH3 is 2. The molecule has 0 aliphatic rings. The third-order valence-corrected chi connectivity index (χ3v) is 3.14. The van der Waals surface area contributed by atoms with Gasteiger partial charge in [-0.25, -0.2) is 4.79 Å². The van der Waals surface area contributed by atoms with E-state index in [0.717, 1.165) is 0 Å². The molecule has 0 amide bonds. The maximum Gasteiger partial charge on any atom is 0.351 e. The Morgan fingerprint density at radius 3 is 2.48 bits per heavy atom. The van der Waals surface area contributed by atoms with E-state index in [1.165, 1.54) is 39.4 Å². The second-order valence-corrected chi connectivity index (χ2v) is 4.72. The molecule has 0 aliphatic carbocycles. The molecule has 1 aromatic carbocycles. The van der Waals surface area contributed by atoms with Crippen molar-refractivity contribution in [3.63, 3.8) is 0 Å². The van der Waals surface area contributed by atoms with Gasteiger partial charge in [-0.3, -0.25) is 4.79 Å². The molecule has 23 heavy (non-hydrogen) atoms. The van der Waals surface area contributed by atoms with E-state index >= 15 is 0 Å². The summed E-state index contributed by atoms with van der Waals surface area (Å²) >= 11 is 0. The molecule has 0 radical (unpaired) electrons. The standard InChI is InChI=1S/C17H16O6/c1-10-8-13(19)16(17(20)23-10)12(18)6-4-11-5-7-14(21-2)15(9-11)22-3/h4-9,19H,1-3H3. The van der Waals surface area contributed by atoms with E-state index in [9.17, 15) is 14.7 Å². The number of benzene rings is 1. The number of allylic oxidation sites excluding steroid dienone is 1. The molecule has 0 bridgehead atoms. The summed E-state index contributed by atoms with van der Waals surface area (Å²) in [5.41, 5.74) is -0.594. The number of hydrogen-bond acceptors (Lipinski definition) is 6. The fraction of sp³-hybridized carbons (Fsp3) is 0.176. The van der Waals surface area contributed by atoms with Crippen LogP contribution in [0.2, 0.25) is 0 Å². The normalized spacial score (nSPS) is 10.7. The zero-order valence-corrected chi connectivity index (χ0v) is 13.0. The maximum atomic E-state index is 12.1. The van der Waals surface area contributed by atoms with Crippen molar-refractivity contribution in [3.05, 3.63) is 57.6 Å². The van der Waals surface area contributed by atoms with Gasteiger partial charge in [-0.15, -0.1) is 0 Å². The van der Waals surface area contributed by atoms with Crippen LogP contribution >= 0.6 is 0 Å². The fourth-order valence-electron chi connectivity index (χ4n) is 2.03. The van der Waals surface area contributed by atoms with Gasteiger partial charge in [0.2, 0.25) is 0 Å². The number of rotatable bonds is 5. The van der Waals surface area contributed by atoms with Crippen molar-refractivity contribution in [1.82, 2.24) is 0 Å². The number of ketones is 1. The average Bonchev–Trinajstić information content (AvgIpc) is 2.51. The first-order valence-corrected chi connectivity index (χ1v) is 6.74. The summed E-state index contributed by atoms with van der Waals surface area (Å²) in [4.78, 5) is 23.8. The van der Waals surface area contributed by atoms with E-state index in [0.29, 0.717) is 17.1 Å². The quantitative estimate of drug-likeness (QED) is 0.674. The van der Waals surface area contributed by atoms with Crippen LogP contribution in [0, 0.1) is 6.92 Å². The lowest BCUT2D eigenvalue weighted by atomic mass is 10.1. The summed E-state index contributed by atoms with van der Waals surface area (Å²) in [6, 6.07) is 6.32. The molecule has 6 heteroatoms. The largest absolute Gasteiger partial charge is 0.507 e. The van der Waals surface area contributed by atoms with Gasteiger partial charge in [0.1, 0.15) is 17.1 Å². The van der Waals surface area contributed by atoms with E-state index < -0.39 is 22.7 Å². The summed E-state index contributed by atoms with van der Waals surface area (Å²) in [7, 11) is 3.03. The highest BCUT2D eigenvalue weighted by Gasteiger charge is 2.15. The summed E-state index contributed by atoms with van der Waals surface area (Å²) in [6.07, 6.45) is 2.69. The van der Waals surface area contributed by atoms with Crippen molar-refractivity contribution in [2.45, 2.75) is 6.92 Å². The molecular formula is C17H16O6. The number of ether oxygens (including phenoxy) is 2. The van der Waals surface area contributed by atoms with Crippen molar-refractivity contribution < 1.29 is 23.8 Å². The topological polar surface area (TPSA) is 86.0 Å². The lowest BCUT2D eigenvalue weighted by molar-refractivity contribution is 0.104. The number of carbonyl (C=O) groups is 1. The molecule has 1 heterocycles. The lowest BCUT2D eigenvalue weighted by Gasteiger charge is -2.07. The Kier molecular flexibility index (Phi) is 4.85. The second-order valence-electron chi connectivity index (χ2n) is 4.72. The van der Waals surface area contributed by atoms with Crippen LogP contribution in [0.1, 0.15) is 21.7 Å². The Hall–Kier alpha value is -3.02. The lowest BCUT2D eigenvalue weighted by Crippen LogP contribution is -2.12. The molecule has 1 N–H and O–H groups in total. The second kappa shape index (κ2) is 6.83. The van der Waals surface area contributed by atoms with Crippen LogP contribution < -0.4 is 15.1 Å². The fourth-order valence-corrected chi connectivity index (χ4v) is 2.03. The molecule has 0 unspecified atom stereocenters. The van der Waals surface area contributed by atoms with E-state index in [2.05, 4.69) is 0 Å². The van der Waals surface area contributed by atoms with Crippen molar-refractivity contribution >= 4 is 11.9 Å². The monoisotopic (exact) mass is 316 g/mol. The van der Waals surface area contributed by atoms with Crippen LogP contribution in [-0.4, -0.2) is 25.1 Å². The van der Waals surface area contributed by atoms with E-state index in [1.54, 1.807) is 18.2 Å². The van der Waals surface area contributed by atoms with Gasteiger partial charge in [0.05, 0.1) is 14.2 Å². The zero-order chi connectivity index (χ0) is 17.0. The van der Waals surface area contributed by atoms with Crippen molar-refractivity contribution in [2.75, 3.05) is 14.2 Å². The van der Waals surface area contributed by atoms with E-state index in [1.807, 2.05) is 0 Å². The molecule has 0 fully saturated rings. The molecule has 120 valence electrons. The van der Waals surface area contributed by atoms with Crippen molar-refractivity contribution in [1.29, 1.82) is 0 Å². The van der Waals surface area contributed by atoms with Crippen molar-refractivity contribution in [2.24, 2.45) is 0 Å². The van der Waals surface area contributed by atoms with Crippen LogP contribution in [-0.2, 0) is 0 Å². The maximum absolute atomic E-state index is 12.1. The van der Waals surface area contributed by atoms with Crippen LogP contribution in [0.3, 0.4) is 0 Å². The molecule has 1 aromatic heterocycles. The van der Waals surface area contributed by atoms with E-state index in [-0.39, 0.29) is 5.76 Å². The predicted molar refractivity (Wildman–Crippen MR) is 84.3 cm³/mol. The van der Waals surface area contributed by atoms with Crippen LogP contribution in [0.4, 0.5) is 0 Å². The first-order chi connectivity index (χ1) is 11.0. The summed E-state index contributed by atoms with van der Waals surface area (Å²) in [5.74, 6) is 0.257. The number of hydrogen-bond donors (Lipinski definition) is 1. The molecule has 6 nitrogen and oxygen atoms in total. The molecular weight excluding hydrogens is 300 g/mol. The SMILES string of the molecule is COc1ccc(C=CC(=O)c2c(O)cc(C)oc2=O)cc1OC. The van der Waals surface area contributed by atoms with Crippen LogP contribution in [0.5, 0.6) is 17.2 Å². The van der Waals surface area contributed by atoms with Gasteiger partial charge in [-0.05, 0) is 30.7 Å². The van der Waals surface area contributed by atoms with Gasteiger partial charge >= 0.3 is 5.63 Å². The molecule has 0 aliphatic heterocycles. The van der Waals surface area contributed by atoms with Gasteiger partial charge in [-0.2, -0.15) is 0 Å². The minimum Gasteiger partial charge on any atom is -0.507 e. The Balaban J connectivity index is 2.30. The predicted octanol–water partition coefficient (Wildman–Crippen LogP) is 2.57. The minimum absolute atomic E-state index is 0.230. The zero-order valence-electron chi connectivity index (χ0n) is 13.0. The Morgan fingerprint density at radius 1 is 1.17 bits per heavy atom. The minimum atomic E-state index is -0.871. The molecule has 0 saturated heterocycles. The Morgan fingerprint density at radius 2 is 1.87 bits per heavy atom. The number of carbonyl (C=O) groups excluding carboxylic acids is 1. The van der Waals surface area contributed by atoms with E-state index in [4.69, 9.17) is 13.9 Å². The number of aromatic hydroxyl groups is 1. The van der Waals surface area contributed by atoms with Gasteiger partial charge in [0.25, 0.3) is 0 Å². The van der Waals surface area contributed by atoms with Gasteiger partial charge in [0, 0.05) is 6.07 Å². The molecule has 0 atom stereocenters. The highest BCUT2D eigenvalue weighted by atomic mass is 16.5. The van der Waals surface area contributed by atoms with Gasteiger partial charge < -0.3 is 19.0 Å². The molecule has 2 aromatic rings. The number of aryl methyl sites for hydroxylation is 1. The smallest absolute Gasteiger partial charge is 0.351 e. The van der Waals surface area contributed by atoms with Gasteiger partial charge in [0.15, 0.2) is 17.3 Å². The Bertz CT molecular complexity index is 816. The highest BCUT2D eigenvalue weighted by molar-refractivity contribution is 6.08. The average molecular weight is 316 g/mol. The summed E-state index contributed by atoms with van der Waals surface area (Å²) in [6.45, 7) is 1.51.